The van der Waals surface area contributed by atoms with Crippen molar-refractivity contribution in [3.63, 3.8) is 0 Å². The fourth-order valence-electron chi connectivity index (χ4n) is 3.58. The van der Waals surface area contributed by atoms with Crippen LogP contribution < -0.4 is 5.73 Å². The van der Waals surface area contributed by atoms with E-state index in [-0.39, 0.29) is 5.54 Å². The lowest BCUT2D eigenvalue weighted by Gasteiger charge is -2.45. The van der Waals surface area contributed by atoms with E-state index in [0.29, 0.717) is 0 Å². The van der Waals surface area contributed by atoms with E-state index in [0.717, 1.165) is 26.1 Å². The summed E-state index contributed by atoms with van der Waals surface area (Å²) >= 11 is 0. The highest BCUT2D eigenvalue weighted by Crippen LogP contribution is 2.33. The summed E-state index contributed by atoms with van der Waals surface area (Å²) in [6.07, 6.45) is 7.70. The van der Waals surface area contributed by atoms with Gasteiger partial charge in [0.2, 0.25) is 0 Å². The van der Waals surface area contributed by atoms with Crippen molar-refractivity contribution in [2.24, 2.45) is 5.73 Å². The summed E-state index contributed by atoms with van der Waals surface area (Å²) in [6.45, 7) is 7.41. The molecule has 0 saturated heterocycles. The largest absolute Gasteiger partial charge is 0.329 e. The predicted molar refractivity (Wildman–Crippen MR) is 86.8 cm³/mol. The lowest BCUT2D eigenvalue weighted by atomic mass is 9.80. The van der Waals surface area contributed by atoms with Crippen LogP contribution in [0.25, 0.3) is 0 Å². The van der Waals surface area contributed by atoms with Gasteiger partial charge in [0.1, 0.15) is 0 Å². The monoisotopic (exact) mass is 274 g/mol. The number of aryl methyl sites for hydroxylation is 1. The molecular formula is C18H30N2. The van der Waals surface area contributed by atoms with Crippen LogP contribution >= 0.6 is 0 Å². The third kappa shape index (κ3) is 3.42. The number of hydrogen-bond acceptors (Lipinski definition) is 2. The Labute approximate surface area is 124 Å². The summed E-state index contributed by atoms with van der Waals surface area (Å²) in [5, 5.41) is 0. The Balaban J connectivity index is 2.09. The Morgan fingerprint density at radius 2 is 1.60 bits per heavy atom. The van der Waals surface area contributed by atoms with Gasteiger partial charge in [-0.1, -0.05) is 57.4 Å². The number of likely N-dealkylation sites (N-methyl/N-ethyl adjacent to an activating group) is 1. The van der Waals surface area contributed by atoms with Crippen molar-refractivity contribution in [2.75, 3.05) is 13.1 Å². The first kappa shape index (κ1) is 15.5. The van der Waals surface area contributed by atoms with E-state index in [2.05, 4.69) is 43.0 Å². The molecule has 2 heteroatoms. The lowest BCUT2D eigenvalue weighted by molar-refractivity contribution is 0.0546. The molecule has 112 valence electrons. The quantitative estimate of drug-likeness (QED) is 0.856. The molecule has 0 heterocycles. The Kier molecular flexibility index (Phi) is 5.62. The zero-order valence-corrected chi connectivity index (χ0v) is 13.2. The van der Waals surface area contributed by atoms with Crippen LogP contribution in [0.5, 0.6) is 0 Å². The van der Waals surface area contributed by atoms with Gasteiger partial charge in [-0.2, -0.15) is 0 Å². The molecule has 1 fully saturated rings. The average molecular weight is 274 g/mol. The fourth-order valence-corrected chi connectivity index (χ4v) is 3.58. The number of rotatable bonds is 6. The fraction of sp³-hybridized carbons (Fsp3) is 0.667. The van der Waals surface area contributed by atoms with Gasteiger partial charge in [-0.15, -0.1) is 0 Å². The van der Waals surface area contributed by atoms with Gasteiger partial charge in [0.25, 0.3) is 0 Å². The maximum Gasteiger partial charge on any atom is 0.0335 e. The van der Waals surface area contributed by atoms with Crippen LogP contribution in [-0.4, -0.2) is 23.5 Å². The first-order valence-corrected chi connectivity index (χ1v) is 8.27. The normalized spacial score (nSPS) is 18.4. The van der Waals surface area contributed by atoms with E-state index in [1.165, 1.54) is 43.2 Å². The second kappa shape index (κ2) is 7.24. The minimum atomic E-state index is 0.246. The van der Waals surface area contributed by atoms with Crippen LogP contribution in [0.4, 0.5) is 0 Å². The third-order valence-corrected chi connectivity index (χ3v) is 5.02. The molecule has 0 bridgehead atoms. The molecule has 1 aromatic carbocycles. The van der Waals surface area contributed by atoms with E-state index < -0.39 is 0 Å². The SMILES string of the molecule is CCc1ccc(CN(CC)C2(CN)CCCCC2)cc1. The van der Waals surface area contributed by atoms with Crippen molar-refractivity contribution in [2.45, 2.75) is 64.5 Å². The zero-order valence-electron chi connectivity index (χ0n) is 13.2. The van der Waals surface area contributed by atoms with Crippen LogP contribution in [0.1, 0.15) is 57.1 Å². The summed E-state index contributed by atoms with van der Waals surface area (Å²) in [6, 6.07) is 9.10. The summed E-state index contributed by atoms with van der Waals surface area (Å²) in [7, 11) is 0. The van der Waals surface area contributed by atoms with E-state index in [9.17, 15) is 0 Å². The van der Waals surface area contributed by atoms with Crippen molar-refractivity contribution < 1.29 is 0 Å². The second-order valence-corrected chi connectivity index (χ2v) is 6.17. The predicted octanol–water partition coefficient (Wildman–Crippen LogP) is 3.73. The Morgan fingerprint density at radius 1 is 1.00 bits per heavy atom. The van der Waals surface area contributed by atoms with Crippen LogP contribution in [0.3, 0.4) is 0 Å². The zero-order chi connectivity index (χ0) is 14.4. The lowest BCUT2D eigenvalue weighted by Crippen LogP contribution is -2.54. The van der Waals surface area contributed by atoms with Crippen molar-refractivity contribution in [3.05, 3.63) is 35.4 Å². The molecule has 2 nitrogen and oxygen atoms in total. The van der Waals surface area contributed by atoms with Gasteiger partial charge in [0.15, 0.2) is 0 Å². The molecule has 2 N–H and O–H groups in total. The van der Waals surface area contributed by atoms with Crippen LogP contribution in [0.2, 0.25) is 0 Å². The minimum absolute atomic E-state index is 0.246. The Bertz CT molecular complexity index is 390. The Hall–Kier alpha value is -0.860. The molecule has 1 aromatic rings. The molecule has 0 atom stereocenters. The summed E-state index contributed by atoms with van der Waals surface area (Å²) < 4.78 is 0. The van der Waals surface area contributed by atoms with Gasteiger partial charge in [0.05, 0.1) is 0 Å². The third-order valence-electron chi connectivity index (χ3n) is 5.02. The van der Waals surface area contributed by atoms with Crippen molar-refractivity contribution in [1.82, 2.24) is 4.90 Å². The van der Waals surface area contributed by atoms with E-state index >= 15 is 0 Å². The van der Waals surface area contributed by atoms with Crippen LogP contribution in [-0.2, 0) is 13.0 Å². The highest BCUT2D eigenvalue weighted by molar-refractivity contribution is 5.22. The number of nitrogens with zero attached hydrogens (tertiary/aromatic N) is 1. The van der Waals surface area contributed by atoms with Gasteiger partial charge in [-0.05, 0) is 36.9 Å². The molecule has 0 aromatic heterocycles. The van der Waals surface area contributed by atoms with Gasteiger partial charge in [-0.25, -0.2) is 0 Å². The molecule has 20 heavy (non-hydrogen) atoms. The molecule has 2 rings (SSSR count). The van der Waals surface area contributed by atoms with Gasteiger partial charge >= 0.3 is 0 Å². The first-order chi connectivity index (χ1) is 9.74. The molecule has 0 radical (unpaired) electrons. The molecule has 0 unspecified atom stereocenters. The van der Waals surface area contributed by atoms with E-state index in [4.69, 9.17) is 5.73 Å². The summed E-state index contributed by atoms with van der Waals surface area (Å²) in [5.41, 5.74) is 9.26. The molecule has 1 saturated carbocycles. The standard InChI is InChI=1S/C18H30N2/c1-3-16-8-10-17(11-9-16)14-20(4-2)18(15-19)12-6-5-7-13-18/h8-11H,3-7,12-15,19H2,1-2H3. The van der Waals surface area contributed by atoms with Crippen molar-refractivity contribution >= 4 is 0 Å². The minimum Gasteiger partial charge on any atom is -0.329 e. The summed E-state index contributed by atoms with van der Waals surface area (Å²) in [4.78, 5) is 2.62. The molecule has 1 aliphatic rings. The van der Waals surface area contributed by atoms with E-state index in [1.807, 2.05) is 0 Å². The van der Waals surface area contributed by atoms with E-state index in [1.54, 1.807) is 0 Å². The smallest absolute Gasteiger partial charge is 0.0335 e. The van der Waals surface area contributed by atoms with Gasteiger partial charge < -0.3 is 5.73 Å². The number of nitrogens with two attached hydrogens (primary N) is 1. The number of hydrogen-bond donors (Lipinski definition) is 1. The molecular weight excluding hydrogens is 244 g/mol. The molecule has 0 amide bonds. The van der Waals surface area contributed by atoms with Gasteiger partial charge in [-0.3, -0.25) is 4.90 Å². The van der Waals surface area contributed by atoms with Crippen LogP contribution in [0, 0.1) is 0 Å². The van der Waals surface area contributed by atoms with Gasteiger partial charge in [0, 0.05) is 18.6 Å². The molecule has 0 spiro atoms. The highest BCUT2D eigenvalue weighted by Gasteiger charge is 2.35. The molecule has 1 aliphatic carbocycles. The average Bonchev–Trinajstić information content (AvgIpc) is 2.53. The number of benzene rings is 1. The highest BCUT2D eigenvalue weighted by atomic mass is 15.2. The topological polar surface area (TPSA) is 29.3 Å². The second-order valence-electron chi connectivity index (χ2n) is 6.17. The van der Waals surface area contributed by atoms with Crippen molar-refractivity contribution in [3.8, 4) is 0 Å². The maximum atomic E-state index is 6.17. The van der Waals surface area contributed by atoms with Crippen molar-refractivity contribution in [1.29, 1.82) is 0 Å². The van der Waals surface area contributed by atoms with Crippen LogP contribution in [0.15, 0.2) is 24.3 Å². The Morgan fingerprint density at radius 3 is 2.10 bits per heavy atom. The maximum absolute atomic E-state index is 6.17. The first-order valence-electron chi connectivity index (χ1n) is 8.27. The molecule has 0 aliphatic heterocycles. The summed E-state index contributed by atoms with van der Waals surface area (Å²) in [5.74, 6) is 0.